The monoisotopic (exact) mass is 744 g/mol. The van der Waals surface area contributed by atoms with Crippen molar-refractivity contribution >= 4 is 44.9 Å². The molecule has 262 valence electrons. The minimum absolute atomic E-state index is 0.250. The number of methoxy groups -OCH3 is 1. The van der Waals surface area contributed by atoms with Gasteiger partial charge in [0.15, 0.2) is 11.5 Å². The van der Waals surface area contributed by atoms with Crippen molar-refractivity contribution in [1.29, 1.82) is 0 Å². The topological polar surface area (TPSA) is 132 Å². The normalized spacial score (nSPS) is 20.0. The van der Waals surface area contributed by atoms with Crippen LogP contribution in [0, 0.1) is 11.8 Å². The summed E-state index contributed by atoms with van der Waals surface area (Å²) in [4.78, 5) is 42.5. The van der Waals surface area contributed by atoms with Gasteiger partial charge >= 0.3 is 0 Å². The first-order valence-electron chi connectivity index (χ1n) is 16.4. The number of anilines is 2. The number of ketones is 1. The fourth-order valence-corrected chi connectivity index (χ4v) is 6.86. The standard InChI is InChI=1S/C39H41BrN2O8/c1-5-48-30-16-9-7-14-27(30)41-37(44)35-29(43)22-39(3,46)36(38(45)42-28-15-8-10-17-31(28)49-6-2)34(35)25-18-19-32(33(21-25)47-4)50-23-24-12-11-13-26(40)20-24/h7-21,34-36,46H,5-6,22-23H2,1-4H3,(H,41,44)(H,42,45). The first-order chi connectivity index (χ1) is 24.1. The summed E-state index contributed by atoms with van der Waals surface area (Å²) in [6.07, 6.45) is -0.426. The average Bonchev–Trinajstić information content (AvgIpc) is 3.08. The van der Waals surface area contributed by atoms with Gasteiger partial charge < -0.3 is 34.7 Å². The highest BCUT2D eigenvalue weighted by Crippen LogP contribution is 2.48. The first-order valence-corrected chi connectivity index (χ1v) is 17.2. The first kappa shape index (κ1) is 36.4. The Balaban J connectivity index is 1.57. The van der Waals surface area contributed by atoms with E-state index < -0.39 is 47.4 Å². The number of Topliss-reactive ketones (excluding diaryl/α,β-unsaturated/α-hetero) is 1. The van der Waals surface area contributed by atoms with Crippen molar-refractivity contribution in [3.05, 3.63) is 107 Å². The molecule has 0 bridgehead atoms. The van der Waals surface area contributed by atoms with Crippen LogP contribution in [0.3, 0.4) is 0 Å². The summed E-state index contributed by atoms with van der Waals surface area (Å²) in [5.74, 6) is -3.83. The van der Waals surface area contributed by atoms with E-state index in [-0.39, 0.29) is 6.61 Å². The van der Waals surface area contributed by atoms with Crippen molar-refractivity contribution in [2.75, 3.05) is 31.0 Å². The molecule has 0 saturated heterocycles. The van der Waals surface area contributed by atoms with Crippen LogP contribution in [-0.4, -0.2) is 48.6 Å². The van der Waals surface area contributed by atoms with Crippen LogP contribution < -0.4 is 29.6 Å². The molecule has 0 aliphatic heterocycles. The maximum absolute atomic E-state index is 14.4. The van der Waals surface area contributed by atoms with Crippen molar-refractivity contribution in [1.82, 2.24) is 0 Å². The molecule has 4 aromatic rings. The van der Waals surface area contributed by atoms with Gasteiger partial charge in [-0.15, -0.1) is 0 Å². The summed E-state index contributed by atoms with van der Waals surface area (Å²) in [5, 5.41) is 17.6. The molecule has 0 spiro atoms. The van der Waals surface area contributed by atoms with Crippen molar-refractivity contribution in [3.63, 3.8) is 0 Å². The van der Waals surface area contributed by atoms with Crippen LogP contribution in [0.1, 0.15) is 44.2 Å². The van der Waals surface area contributed by atoms with Gasteiger partial charge in [0.1, 0.15) is 29.8 Å². The van der Waals surface area contributed by atoms with Gasteiger partial charge in [-0.1, -0.05) is 58.4 Å². The Morgan fingerprint density at radius 2 is 1.42 bits per heavy atom. The molecule has 1 saturated carbocycles. The summed E-state index contributed by atoms with van der Waals surface area (Å²) in [7, 11) is 1.48. The lowest BCUT2D eigenvalue weighted by Crippen LogP contribution is -2.56. The van der Waals surface area contributed by atoms with E-state index in [1.807, 2.05) is 38.1 Å². The Hall–Kier alpha value is -4.87. The lowest BCUT2D eigenvalue weighted by molar-refractivity contribution is -0.150. The molecule has 4 atom stereocenters. The number of carbonyl (C=O) groups is 3. The molecule has 5 rings (SSSR count). The van der Waals surface area contributed by atoms with Crippen LogP contribution in [0.5, 0.6) is 23.0 Å². The highest BCUT2D eigenvalue weighted by molar-refractivity contribution is 9.10. The number of aliphatic hydroxyl groups is 1. The number of hydrogen-bond acceptors (Lipinski definition) is 8. The Kier molecular flexibility index (Phi) is 11.8. The fraction of sp³-hybridized carbons (Fsp3) is 0.308. The second kappa shape index (κ2) is 16.2. The van der Waals surface area contributed by atoms with Crippen molar-refractivity contribution in [3.8, 4) is 23.0 Å². The second-order valence-electron chi connectivity index (χ2n) is 12.1. The highest BCUT2D eigenvalue weighted by atomic mass is 79.9. The van der Waals surface area contributed by atoms with Crippen LogP contribution in [0.25, 0.3) is 0 Å². The molecule has 4 aromatic carbocycles. The average molecular weight is 746 g/mol. The van der Waals surface area contributed by atoms with E-state index in [4.69, 9.17) is 18.9 Å². The number of carbonyl (C=O) groups excluding carboxylic acids is 3. The summed E-state index contributed by atoms with van der Waals surface area (Å²) >= 11 is 3.48. The maximum atomic E-state index is 14.4. The molecule has 0 heterocycles. The quantitative estimate of drug-likeness (QED) is 0.123. The molecule has 1 fully saturated rings. The Labute approximate surface area is 300 Å². The minimum atomic E-state index is -1.82. The van der Waals surface area contributed by atoms with Crippen molar-refractivity contribution in [2.24, 2.45) is 11.8 Å². The van der Waals surface area contributed by atoms with E-state index in [9.17, 15) is 19.5 Å². The molecule has 0 aromatic heterocycles. The van der Waals surface area contributed by atoms with E-state index in [1.54, 1.807) is 66.7 Å². The number of para-hydroxylation sites is 4. The molecular formula is C39H41BrN2O8. The van der Waals surface area contributed by atoms with E-state index in [0.717, 1.165) is 10.0 Å². The van der Waals surface area contributed by atoms with Gasteiger partial charge in [0.25, 0.3) is 0 Å². The molecule has 4 unspecified atom stereocenters. The number of benzene rings is 4. The second-order valence-corrected chi connectivity index (χ2v) is 13.1. The van der Waals surface area contributed by atoms with Crippen molar-refractivity contribution in [2.45, 2.75) is 45.3 Å². The van der Waals surface area contributed by atoms with Crippen LogP contribution in [0.2, 0.25) is 0 Å². The third kappa shape index (κ3) is 8.28. The fourth-order valence-electron chi connectivity index (χ4n) is 6.41. The van der Waals surface area contributed by atoms with Gasteiger partial charge in [-0.2, -0.15) is 0 Å². The summed E-state index contributed by atoms with van der Waals surface area (Å²) in [6, 6.07) is 26.6. The molecular weight excluding hydrogens is 704 g/mol. The molecule has 2 amide bonds. The molecule has 3 N–H and O–H groups in total. The number of nitrogens with one attached hydrogen (secondary N) is 2. The van der Waals surface area contributed by atoms with Gasteiger partial charge in [0, 0.05) is 16.8 Å². The summed E-state index contributed by atoms with van der Waals surface area (Å²) in [5.41, 5.74) is 0.305. The molecule has 0 radical (unpaired) electrons. The SMILES string of the molecule is CCOc1ccccc1NC(=O)C1C(=O)CC(C)(O)C(C(=O)Nc2ccccc2OCC)C1c1ccc(OCc2cccc(Br)c2)c(OC)c1. The highest BCUT2D eigenvalue weighted by Gasteiger charge is 2.56. The lowest BCUT2D eigenvalue weighted by atomic mass is 9.61. The summed E-state index contributed by atoms with van der Waals surface area (Å²) < 4.78 is 24.2. The molecule has 50 heavy (non-hydrogen) atoms. The number of halogens is 1. The van der Waals surface area contributed by atoms with E-state index in [2.05, 4.69) is 26.6 Å². The zero-order valence-electron chi connectivity index (χ0n) is 28.4. The van der Waals surface area contributed by atoms with Crippen LogP contribution in [-0.2, 0) is 21.0 Å². The number of ether oxygens (including phenoxy) is 4. The number of rotatable bonds is 13. The molecule has 10 nitrogen and oxygen atoms in total. The van der Waals surface area contributed by atoms with Crippen LogP contribution in [0.4, 0.5) is 11.4 Å². The smallest absolute Gasteiger partial charge is 0.235 e. The van der Waals surface area contributed by atoms with Gasteiger partial charge in [-0.25, -0.2) is 0 Å². The largest absolute Gasteiger partial charge is 0.493 e. The Morgan fingerprint density at radius 3 is 2.02 bits per heavy atom. The third-order valence-corrected chi connectivity index (χ3v) is 9.07. The lowest BCUT2D eigenvalue weighted by Gasteiger charge is -2.44. The molecule has 1 aliphatic rings. The van der Waals surface area contributed by atoms with Gasteiger partial charge in [0.05, 0.1) is 43.2 Å². The Morgan fingerprint density at radius 1 is 0.800 bits per heavy atom. The Bertz CT molecular complexity index is 1840. The maximum Gasteiger partial charge on any atom is 0.235 e. The van der Waals surface area contributed by atoms with Gasteiger partial charge in [-0.05, 0) is 80.4 Å². The van der Waals surface area contributed by atoms with E-state index >= 15 is 0 Å². The van der Waals surface area contributed by atoms with E-state index in [1.165, 1.54) is 14.0 Å². The number of amides is 2. The minimum Gasteiger partial charge on any atom is -0.493 e. The van der Waals surface area contributed by atoms with Crippen molar-refractivity contribution < 1.29 is 38.4 Å². The van der Waals surface area contributed by atoms with Gasteiger partial charge in [0.2, 0.25) is 11.8 Å². The zero-order chi connectivity index (χ0) is 35.8. The summed E-state index contributed by atoms with van der Waals surface area (Å²) in [6.45, 7) is 6.09. The van der Waals surface area contributed by atoms with Crippen LogP contribution >= 0.6 is 15.9 Å². The predicted octanol–water partition coefficient (Wildman–Crippen LogP) is 7.15. The predicted molar refractivity (Wildman–Crippen MR) is 194 cm³/mol. The molecule has 1 aliphatic carbocycles. The van der Waals surface area contributed by atoms with Gasteiger partial charge in [-0.3, -0.25) is 14.4 Å². The third-order valence-electron chi connectivity index (χ3n) is 8.58. The zero-order valence-corrected chi connectivity index (χ0v) is 30.0. The van der Waals surface area contributed by atoms with E-state index in [0.29, 0.717) is 53.2 Å². The molecule has 11 heteroatoms. The van der Waals surface area contributed by atoms with Crippen LogP contribution in [0.15, 0.2) is 95.5 Å². The number of hydrogen-bond donors (Lipinski definition) is 3.